The minimum absolute atomic E-state index is 0.197. The molecule has 2 aliphatic rings. The van der Waals surface area contributed by atoms with Gasteiger partial charge >= 0.3 is 5.97 Å². The highest BCUT2D eigenvalue weighted by atomic mass is 32.1. The van der Waals surface area contributed by atoms with Gasteiger partial charge in [0.1, 0.15) is 4.83 Å². The van der Waals surface area contributed by atoms with Crippen LogP contribution in [0.25, 0.3) is 21.3 Å². The molecule has 0 saturated carbocycles. The van der Waals surface area contributed by atoms with Crippen molar-refractivity contribution in [1.82, 2.24) is 4.98 Å². The highest BCUT2D eigenvalue weighted by molar-refractivity contribution is 7.19. The number of methoxy groups -OCH3 is 1. The molecule has 0 saturated heterocycles. The molecule has 3 heterocycles. The van der Waals surface area contributed by atoms with E-state index in [0.29, 0.717) is 0 Å². The fourth-order valence-electron chi connectivity index (χ4n) is 5.01. The summed E-state index contributed by atoms with van der Waals surface area (Å²) in [6.45, 7) is 4.37. The number of aryl methyl sites for hydroxylation is 3. The third kappa shape index (κ3) is 3.37. The van der Waals surface area contributed by atoms with Crippen LogP contribution in [-0.4, -0.2) is 24.9 Å². The van der Waals surface area contributed by atoms with Crippen LogP contribution in [0.4, 0.5) is 0 Å². The van der Waals surface area contributed by atoms with Crippen molar-refractivity contribution in [1.29, 1.82) is 0 Å². The predicted octanol–water partition coefficient (Wildman–Crippen LogP) is 5.94. The molecule has 0 N–H and O–H groups in total. The smallest absolute Gasteiger partial charge is 0.313 e. The maximum absolute atomic E-state index is 12.9. The van der Waals surface area contributed by atoms with E-state index in [2.05, 4.69) is 13.0 Å². The van der Waals surface area contributed by atoms with Crippen LogP contribution in [0.3, 0.4) is 0 Å². The first kappa shape index (κ1) is 20.3. The Kier molecular flexibility index (Phi) is 5.34. The average Bonchev–Trinajstić information content (AvgIpc) is 3.39. The van der Waals surface area contributed by atoms with Crippen molar-refractivity contribution in [2.75, 3.05) is 13.9 Å². The first-order valence-electron chi connectivity index (χ1n) is 11.0. The molecule has 2 aromatic heterocycles. The highest BCUT2D eigenvalue weighted by Crippen LogP contribution is 2.47. The Morgan fingerprint density at radius 1 is 1.23 bits per heavy atom. The van der Waals surface area contributed by atoms with Crippen LogP contribution in [0.15, 0.2) is 18.2 Å². The van der Waals surface area contributed by atoms with Crippen LogP contribution in [-0.2, 0) is 22.4 Å². The second-order valence-corrected chi connectivity index (χ2v) is 9.39. The summed E-state index contributed by atoms with van der Waals surface area (Å²) in [7, 11) is 1.47. The average molecular weight is 438 g/mol. The number of fused-ring (bicyclic) bond motifs is 4. The maximum atomic E-state index is 12.9. The van der Waals surface area contributed by atoms with Crippen LogP contribution in [0, 0.1) is 6.92 Å². The number of rotatable bonds is 5. The van der Waals surface area contributed by atoms with E-state index in [9.17, 15) is 4.79 Å². The van der Waals surface area contributed by atoms with E-state index in [-0.39, 0.29) is 18.7 Å². The third-order valence-corrected chi connectivity index (χ3v) is 7.59. The van der Waals surface area contributed by atoms with Gasteiger partial charge in [-0.15, -0.1) is 11.3 Å². The summed E-state index contributed by atoms with van der Waals surface area (Å²) in [5.74, 6) is 0.974. The van der Waals surface area contributed by atoms with E-state index < -0.39 is 0 Å². The lowest BCUT2D eigenvalue weighted by atomic mass is 9.83. The second-order valence-electron chi connectivity index (χ2n) is 8.31. The largest absolute Gasteiger partial charge is 0.469 e. The number of pyridine rings is 1. The molecule has 5 rings (SSSR count). The van der Waals surface area contributed by atoms with E-state index in [1.807, 2.05) is 30.4 Å². The van der Waals surface area contributed by atoms with Gasteiger partial charge in [-0.05, 0) is 73.4 Å². The lowest BCUT2D eigenvalue weighted by molar-refractivity contribution is -0.142. The number of hydrogen-bond donors (Lipinski definition) is 0. The first-order chi connectivity index (χ1) is 15.1. The van der Waals surface area contributed by atoms with Gasteiger partial charge in [-0.2, -0.15) is 0 Å². The summed E-state index contributed by atoms with van der Waals surface area (Å²) >= 11 is 1.81. The molecule has 162 valence electrons. The molecule has 0 radical (unpaired) electrons. The number of thiophene rings is 1. The van der Waals surface area contributed by atoms with Gasteiger partial charge in [0.05, 0.1) is 13.0 Å². The molecule has 0 spiro atoms. The Balaban J connectivity index is 1.84. The molecule has 1 aromatic carbocycles. The molecule has 5 nitrogen and oxygen atoms in total. The molecule has 1 atom stereocenters. The van der Waals surface area contributed by atoms with Crippen molar-refractivity contribution in [2.24, 2.45) is 0 Å². The Bertz CT molecular complexity index is 1170. The summed E-state index contributed by atoms with van der Waals surface area (Å²) in [6, 6.07) is 6.10. The van der Waals surface area contributed by atoms with E-state index >= 15 is 0 Å². The predicted molar refractivity (Wildman–Crippen MR) is 122 cm³/mol. The van der Waals surface area contributed by atoms with E-state index in [0.717, 1.165) is 64.4 Å². The molecule has 0 amide bonds. The molecular formula is C25H27NO4S. The number of benzene rings is 1. The zero-order chi connectivity index (χ0) is 21.5. The van der Waals surface area contributed by atoms with Crippen LogP contribution in [0.2, 0.25) is 0 Å². The number of nitrogens with zero attached hydrogens (tertiary/aromatic N) is 1. The maximum Gasteiger partial charge on any atom is 0.313 e. The van der Waals surface area contributed by atoms with E-state index in [1.165, 1.54) is 35.8 Å². The zero-order valence-corrected chi connectivity index (χ0v) is 19.1. The SMILES string of the molecule is CCCC(C(=O)OC)c1c(C)nc2sc3c(c2c1-c1ccc2c(c1)OCO2)CCCC3. The Hall–Kier alpha value is -2.60. The Labute approximate surface area is 186 Å². The normalized spacial score (nSPS) is 15.7. The molecule has 0 bridgehead atoms. The van der Waals surface area contributed by atoms with Crippen LogP contribution < -0.4 is 9.47 Å². The van der Waals surface area contributed by atoms with Crippen molar-refractivity contribution in [3.8, 4) is 22.6 Å². The summed E-state index contributed by atoms with van der Waals surface area (Å²) < 4.78 is 16.5. The van der Waals surface area contributed by atoms with Crippen molar-refractivity contribution in [2.45, 2.75) is 58.3 Å². The van der Waals surface area contributed by atoms with Crippen molar-refractivity contribution in [3.05, 3.63) is 39.9 Å². The van der Waals surface area contributed by atoms with Gasteiger partial charge in [0, 0.05) is 16.0 Å². The summed E-state index contributed by atoms with van der Waals surface area (Å²) in [5, 5.41) is 1.21. The van der Waals surface area contributed by atoms with Crippen molar-refractivity contribution >= 4 is 27.5 Å². The molecule has 6 heteroatoms. The fraction of sp³-hybridized carbons (Fsp3) is 0.440. The topological polar surface area (TPSA) is 57.7 Å². The zero-order valence-electron chi connectivity index (χ0n) is 18.2. The Morgan fingerprint density at radius 2 is 2.03 bits per heavy atom. The van der Waals surface area contributed by atoms with Crippen molar-refractivity contribution in [3.63, 3.8) is 0 Å². The first-order valence-corrected chi connectivity index (χ1v) is 11.9. The minimum Gasteiger partial charge on any atom is -0.469 e. The second kappa shape index (κ2) is 8.15. The van der Waals surface area contributed by atoms with Crippen LogP contribution in [0.5, 0.6) is 11.5 Å². The molecule has 1 aliphatic heterocycles. The quantitative estimate of drug-likeness (QED) is 0.463. The van der Waals surface area contributed by atoms with Gasteiger partial charge in [-0.25, -0.2) is 4.98 Å². The number of esters is 1. The standard InChI is InChI=1S/C25H27NO4S/c1-4-7-17(25(27)28-3)21-14(2)26-24-23(16-8-5-6-9-20(16)31-24)22(21)15-10-11-18-19(12-15)30-13-29-18/h10-12,17H,4-9,13H2,1-3H3. The van der Waals surface area contributed by atoms with Gasteiger partial charge in [-0.3, -0.25) is 4.79 Å². The molecule has 31 heavy (non-hydrogen) atoms. The summed E-state index contributed by atoms with van der Waals surface area (Å²) in [6.07, 6.45) is 6.21. The number of carbonyl (C=O) groups is 1. The van der Waals surface area contributed by atoms with Gasteiger partial charge in [0.25, 0.3) is 0 Å². The lowest BCUT2D eigenvalue weighted by Gasteiger charge is -2.22. The fourth-order valence-corrected chi connectivity index (χ4v) is 6.32. The molecule has 3 aromatic rings. The third-order valence-electron chi connectivity index (χ3n) is 6.40. The lowest BCUT2D eigenvalue weighted by Crippen LogP contribution is -2.17. The molecule has 0 fully saturated rings. The molecule has 1 aliphatic carbocycles. The molecule has 1 unspecified atom stereocenters. The van der Waals surface area contributed by atoms with Crippen molar-refractivity contribution < 1.29 is 19.0 Å². The van der Waals surface area contributed by atoms with Crippen LogP contribution in [0.1, 0.15) is 60.2 Å². The number of aromatic nitrogens is 1. The van der Waals surface area contributed by atoms with E-state index in [4.69, 9.17) is 19.2 Å². The summed E-state index contributed by atoms with van der Waals surface area (Å²) in [4.78, 5) is 20.4. The van der Waals surface area contributed by atoms with Gasteiger partial charge in [0.2, 0.25) is 6.79 Å². The number of hydrogen-bond acceptors (Lipinski definition) is 6. The summed E-state index contributed by atoms with van der Waals surface area (Å²) in [5.41, 5.74) is 5.47. The minimum atomic E-state index is -0.341. The van der Waals surface area contributed by atoms with Gasteiger partial charge in [-0.1, -0.05) is 19.4 Å². The van der Waals surface area contributed by atoms with Gasteiger partial charge < -0.3 is 14.2 Å². The Morgan fingerprint density at radius 3 is 2.84 bits per heavy atom. The van der Waals surface area contributed by atoms with Gasteiger partial charge in [0.15, 0.2) is 11.5 Å². The highest BCUT2D eigenvalue weighted by Gasteiger charge is 2.31. The molecular weight excluding hydrogens is 410 g/mol. The van der Waals surface area contributed by atoms with E-state index in [1.54, 1.807) is 0 Å². The number of carbonyl (C=O) groups excluding carboxylic acids is 1. The monoisotopic (exact) mass is 437 g/mol. The number of ether oxygens (including phenoxy) is 3. The van der Waals surface area contributed by atoms with Crippen LogP contribution >= 0.6 is 11.3 Å².